The van der Waals surface area contributed by atoms with Crippen LogP contribution in [0.2, 0.25) is 0 Å². The van der Waals surface area contributed by atoms with Crippen molar-refractivity contribution < 1.29 is 0 Å². The van der Waals surface area contributed by atoms with Gasteiger partial charge in [0.25, 0.3) is 0 Å². The Morgan fingerprint density at radius 2 is 2.08 bits per heavy atom. The molecule has 0 saturated carbocycles. The zero-order chi connectivity index (χ0) is 9.35. The van der Waals surface area contributed by atoms with E-state index in [0.29, 0.717) is 5.41 Å². The van der Waals surface area contributed by atoms with Gasteiger partial charge in [-0.1, -0.05) is 27.7 Å². The van der Waals surface area contributed by atoms with Gasteiger partial charge in [0.1, 0.15) is 0 Å². The standard InChI is InChI=1S/C11H23N/c1-6-11(4)7-10(9(2)3)12(5)8-11/h9-10H,6-8H2,1-5H3. The number of hydrogen-bond acceptors (Lipinski definition) is 1. The molecule has 0 N–H and O–H groups in total. The second-order valence-electron chi connectivity index (χ2n) is 5.09. The lowest BCUT2D eigenvalue weighted by atomic mass is 9.83. The van der Waals surface area contributed by atoms with Gasteiger partial charge in [-0.3, -0.25) is 0 Å². The molecule has 0 aromatic carbocycles. The summed E-state index contributed by atoms with van der Waals surface area (Å²) in [5.74, 6) is 0.809. The minimum absolute atomic E-state index is 0.587. The number of hydrogen-bond donors (Lipinski definition) is 0. The summed E-state index contributed by atoms with van der Waals surface area (Å²) in [7, 11) is 2.27. The molecule has 1 rings (SSSR count). The molecule has 1 aliphatic heterocycles. The zero-order valence-corrected chi connectivity index (χ0v) is 9.22. The highest BCUT2D eigenvalue weighted by Gasteiger charge is 2.38. The van der Waals surface area contributed by atoms with Crippen LogP contribution in [0.3, 0.4) is 0 Å². The van der Waals surface area contributed by atoms with Crippen molar-refractivity contribution in [2.24, 2.45) is 11.3 Å². The van der Waals surface area contributed by atoms with Crippen molar-refractivity contribution in [3.8, 4) is 0 Å². The van der Waals surface area contributed by atoms with E-state index in [1.807, 2.05) is 0 Å². The number of rotatable bonds is 2. The van der Waals surface area contributed by atoms with Crippen molar-refractivity contribution in [2.75, 3.05) is 13.6 Å². The summed E-state index contributed by atoms with van der Waals surface area (Å²) in [6.07, 6.45) is 2.71. The maximum atomic E-state index is 2.54. The molecule has 12 heavy (non-hydrogen) atoms. The van der Waals surface area contributed by atoms with Crippen LogP contribution in [0.15, 0.2) is 0 Å². The molecule has 0 aliphatic carbocycles. The van der Waals surface area contributed by atoms with Crippen molar-refractivity contribution >= 4 is 0 Å². The Labute approximate surface area is 77.1 Å². The zero-order valence-electron chi connectivity index (χ0n) is 9.22. The largest absolute Gasteiger partial charge is 0.303 e. The first kappa shape index (κ1) is 10.0. The monoisotopic (exact) mass is 169 g/mol. The molecule has 0 radical (unpaired) electrons. The second-order valence-corrected chi connectivity index (χ2v) is 5.09. The molecule has 1 nitrogen and oxygen atoms in total. The lowest BCUT2D eigenvalue weighted by molar-refractivity contribution is 0.246. The first-order chi connectivity index (χ1) is 5.48. The average molecular weight is 169 g/mol. The maximum absolute atomic E-state index is 2.54. The molecule has 1 heterocycles. The molecule has 1 fully saturated rings. The molecule has 0 aromatic rings. The van der Waals surface area contributed by atoms with Gasteiger partial charge in [0.15, 0.2) is 0 Å². The number of nitrogens with zero attached hydrogens (tertiary/aromatic N) is 1. The van der Waals surface area contributed by atoms with E-state index < -0.39 is 0 Å². The minimum atomic E-state index is 0.587. The Balaban J connectivity index is 2.61. The van der Waals surface area contributed by atoms with E-state index in [2.05, 4.69) is 39.6 Å². The second kappa shape index (κ2) is 3.37. The molecule has 2 unspecified atom stereocenters. The van der Waals surface area contributed by atoms with Gasteiger partial charge in [-0.2, -0.15) is 0 Å². The molecule has 72 valence electrons. The third kappa shape index (κ3) is 1.82. The van der Waals surface area contributed by atoms with Gasteiger partial charge in [0, 0.05) is 12.6 Å². The van der Waals surface area contributed by atoms with E-state index in [9.17, 15) is 0 Å². The molecule has 1 saturated heterocycles. The SMILES string of the molecule is CCC1(C)CC(C(C)C)N(C)C1. The quantitative estimate of drug-likeness (QED) is 0.614. The average Bonchev–Trinajstić information content (AvgIpc) is 2.28. The van der Waals surface area contributed by atoms with Gasteiger partial charge < -0.3 is 4.90 Å². The molecule has 0 bridgehead atoms. The van der Waals surface area contributed by atoms with Crippen molar-refractivity contribution in [3.05, 3.63) is 0 Å². The molecule has 0 spiro atoms. The van der Waals surface area contributed by atoms with Crippen molar-refractivity contribution in [1.82, 2.24) is 4.90 Å². The predicted molar refractivity (Wildman–Crippen MR) is 54.3 cm³/mol. The van der Waals surface area contributed by atoms with Gasteiger partial charge in [-0.15, -0.1) is 0 Å². The van der Waals surface area contributed by atoms with Crippen LogP contribution in [0, 0.1) is 11.3 Å². The Morgan fingerprint density at radius 3 is 2.33 bits per heavy atom. The van der Waals surface area contributed by atoms with Gasteiger partial charge in [-0.25, -0.2) is 0 Å². The lowest BCUT2D eigenvalue weighted by Crippen LogP contribution is -2.29. The summed E-state index contributed by atoms with van der Waals surface area (Å²) in [6, 6.07) is 0.815. The third-order valence-electron chi connectivity index (χ3n) is 3.52. The summed E-state index contributed by atoms with van der Waals surface area (Å²) in [5.41, 5.74) is 0.587. The van der Waals surface area contributed by atoms with Gasteiger partial charge in [0.2, 0.25) is 0 Å². The summed E-state index contributed by atoms with van der Waals surface area (Å²) >= 11 is 0. The number of likely N-dealkylation sites (tertiary alicyclic amines) is 1. The minimum Gasteiger partial charge on any atom is -0.303 e. The van der Waals surface area contributed by atoms with Gasteiger partial charge >= 0.3 is 0 Å². The Hall–Kier alpha value is -0.0400. The highest BCUT2D eigenvalue weighted by Crippen LogP contribution is 2.38. The van der Waals surface area contributed by atoms with Gasteiger partial charge in [-0.05, 0) is 31.2 Å². The Kier molecular flexibility index (Phi) is 2.82. The fraction of sp³-hybridized carbons (Fsp3) is 1.00. The third-order valence-corrected chi connectivity index (χ3v) is 3.52. The summed E-state index contributed by atoms with van der Waals surface area (Å²) in [6.45, 7) is 10.7. The normalized spacial score (nSPS) is 38.0. The van der Waals surface area contributed by atoms with Crippen molar-refractivity contribution in [3.63, 3.8) is 0 Å². The predicted octanol–water partition coefficient (Wildman–Crippen LogP) is 2.76. The van der Waals surface area contributed by atoms with Crippen LogP contribution in [0.25, 0.3) is 0 Å². The van der Waals surface area contributed by atoms with Crippen LogP contribution in [-0.4, -0.2) is 24.5 Å². The molecular weight excluding hydrogens is 146 g/mol. The van der Waals surface area contributed by atoms with Crippen molar-refractivity contribution in [2.45, 2.75) is 46.6 Å². The molecule has 0 amide bonds. The van der Waals surface area contributed by atoms with E-state index in [1.165, 1.54) is 19.4 Å². The van der Waals surface area contributed by atoms with Crippen LogP contribution in [0.1, 0.15) is 40.5 Å². The smallest absolute Gasteiger partial charge is 0.0121 e. The summed E-state index contributed by atoms with van der Waals surface area (Å²) < 4.78 is 0. The topological polar surface area (TPSA) is 3.24 Å². The molecule has 1 aliphatic rings. The van der Waals surface area contributed by atoms with Crippen LogP contribution in [0.5, 0.6) is 0 Å². The molecular formula is C11H23N. The fourth-order valence-electron chi connectivity index (χ4n) is 2.45. The van der Waals surface area contributed by atoms with Gasteiger partial charge in [0.05, 0.1) is 0 Å². The van der Waals surface area contributed by atoms with E-state index in [0.717, 1.165) is 12.0 Å². The summed E-state index contributed by atoms with van der Waals surface area (Å²) in [4.78, 5) is 2.54. The van der Waals surface area contributed by atoms with E-state index in [1.54, 1.807) is 0 Å². The highest BCUT2D eigenvalue weighted by molar-refractivity contribution is 4.92. The van der Waals surface area contributed by atoms with Crippen LogP contribution < -0.4 is 0 Å². The molecule has 2 atom stereocenters. The van der Waals surface area contributed by atoms with Crippen molar-refractivity contribution in [1.29, 1.82) is 0 Å². The highest BCUT2D eigenvalue weighted by atomic mass is 15.2. The first-order valence-electron chi connectivity index (χ1n) is 5.19. The lowest BCUT2D eigenvalue weighted by Gasteiger charge is -2.22. The molecule has 0 aromatic heterocycles. The first-order valence-corrected chi connectivity index (χ1v) is 5.19. The van der Waals surface area contributed by atoms with Crippen LogP contribution >= 0.6 is 0 Å². The Morgan fingerprint density at radius 1 is 1.50 bits per heavy atom. The van der Waals surface area contributed by atoms with E-state index in [-0.39, 0.29) is 0 Å². The summed E-state index contributed by atoms with van der Waals surface area (Å²) in [5, 5.41) is 0. The molecule has 1 heteroatoms. The maximum Gasteiger partial charge on any atom is 0.0121 e. The van der Waals surface area contributed by atoms with E-state index in [4.69, 9.17) is 0 Å². The Bertz CT molecular complexity index is 153. The van der Waals surface area contributed by atoms with Crippen LogP contribution in [0.4, 0.5) is 0 Å². The van der Waals surface area contributed by atoms with E-state index >= 15 is 0 Å². The fourth-order valence-corrected chi connectivity index (χ4v) is 2.45. The van der Waals surface area contributed by atoms with Crippen LogP contribution in [-0.2, 0) is 0 Å².